The maximum absolute atomic E-state index is 5.57. The zero-order valence-corrected chi connectivity index (χ0v) is 12.2. The molecule has 19 heavy (non-hydrogen) atoms. The van der Waals surface area contributed by atoms with Gasteiger partial charge in [-0.3, -0.25) is 0 Å². The molecule has 0 radical (unpaired) electrons. The van der Waals surface area contributed by atoms with Gasteiger partial charge >= 0.3 is 6.01 Å². The molecule has 1 unspecified atom stereocenters. The summed E-state index contributed by atoms with van der Waals surface area (Å²) in [5, 5.41) is 18.7. The van der Waals surface area contributed by atoms with Gasteiger partial charge in [0.15, 0.2) is 0 Å². The van der Waals surface area contributed by atoms with Crippen LogP contribution in [0, 0.1) is 0 Å². The van der Waals surface area contributed by atoms with E-state index in [0.29, 0.717) is 11.9 Å². The Morgan fingerprint density at radius 1 is 1.37 bits per heavy atom. The summed E-state index contributed by atoms with van der Waals surface area (Å²) in [5.74, 6) is 0.631. The maximum Gasteiger partial charge on any atom is 0.315 e. The molecule has 2 heterocycles. The molecule has 0 saturated carbocycles. The SMILES string of the molecule is CCCNC(C)c1nnc(NCCc2ccsc2)o1. The number of hydrogen-bond acceptors (Lipinski definition) is 6. The Labute approximate surface area is 117 Å². The van der Waals surface area contributed by atoms with Crippen LogP contribution in [-0.2, 0) is 6.42 Å². The van der Waals surface area contributed by atoms with Crippen LogP contribution in [0.4, 0.5) is 6.01 Å². The normalized spacial score (nSPS) is 12.5. The molecule has 0 amide bonds. The third kappa shape index (κ3) is 4.33. The monoisotopic (exact) mass is 280 g/mol. The van der Waals surface area contributed by atoms with Crippen molar-refractivity contribution in [2.45, 2.75) is 32.7 Å². The van der Waals surface area contributed by atoms with Crippen molar-refractivity contribution in [3.8, 4) is 0 Å². The third-order valence-corrected chi connectivity index (χ3v) is 3.51. The Kier molecular flexibility index (Phi) is 5.35. The van der Waals surface area contributed by atoms with Gasteiger partial charge in [-0.15, -0.1) is 5.10 Å². The number of hydrogen-bond donors (Lipinski definition) is 2. The number of nitrogens with zero attached hydrogens (tertiary/aromatic N) is 2. The smallest absolute Gasteiger partial charge is 0.315 e. The first-order valence-electron chi connectivity index (χ1n) is 6.61. The van der Waals surface area contributed by atoms with Gasteiger partial charge in [0.1, 0.15) is 0 Å². The van der Waals surface area contributed by atoms with Gasteiger partial charge < -0.3 is 15.1 Å². The fraction of sp³-hybridized carbons (Fsp3) is 0.538. The summed E-state index contributed by atoms with van der Waals surface area (Å²) in [6.07, 6.45) is 2.05. The number of nitrogens with one attached hydrogen (secondary N) is 2. The molecule has 0 fully saturated rings. The van der Waals surface area contributed by atoms with E-state index in [9.17, 15) is 0 Å². The molecule has 1 atom stereocenters. The molecule has 0 saturated heterocycles. The highest BCUT2D eigenvalue weighted by Crippen LogP contribution is 2.14. The first-order chi connectivity index (χ1) is 9.29. The van der Waals surface area contributed by atoms with Crippen molar-refractivity contribution in [3.05, 3.63) is 28.3 Å². The average molecular weight is 280 g/mol. The quantitative estimate of drug-likeness (QED) is 0.778. The number of anilines is 1. The van der Waals surface area contributed by atoms with Crippen LogP contribution in [0.15, 0.2) is 21.2 Å². The van der Waals surface area contributed by atoms with Crippen molar-refractivity contribution in [1.82, 2.24) is 15.5 Å². The van der Waals surface area contributed by atoms with Crippen LogP contribution in [0.3, 0.4) is 0 Å². The topological polar surface area (TPSA) is 63.0 Å². The van der Waals surface area contributed by atoms with E-state index in [1.165, 1.54) is 5.56 Å². The van der Waals surface area contributed by atoms with Gasteiger partial charge in [0.05, 0.1) is 6.04 Å². The minimum absolute atomic E-state index is 0.0971. The Bertz CT molecular complexity index is 469. The van der Waals surface area contributed by atoms with Crippen LogP contribution in [0.5, 0.6) is 0 Å². The highest BCUT2D eigenvalue weighted by atomic mass is 32.1. The molecule has 6 heteroatoms. The first-order valence-corrected chi connectivity index (χ1v) is 7.55. The summed E-state index contributed by atoms with van der Waals surface area (Å²) in [6, 6.07) is 2.72. The van der Waals surface area contributed by atoms with E-state index in [0.717, 1.165) is 25.9 Å². The minimum Gasteiger partial charge on any atom is -0.406 e. The van der Waals surface area contributed by atoms with Gasteiger partial charge in [-0.05, 0) is 48.7 Å². The molecule has 0 spiro atoms. The van der Waals surface area contributed by atoms with E-state index in [1.807, 2.05) is 6.92 Å². The Hall–Kier alpha value is -1.40. The van der Waals surface area contributed by atoms with Crippen molar-refractivity contribution < 1.29 is 4.42 Å². The van der Waals surface area contributed by atoms with Crippen LogP contribution in [0.1, 0.15) is 37.8 Å². The largest absolute Gasteiger partial charge is 0.406 e. The van der Waals surface area contributed by atoms with Crippen LogP contribution in [0.25, 0.3) is 0 Å². The van der Waals surface area contributed by atoms with Gasteiger partial charge in [0.25, 0.3) is 0 Å². The second kappa shape index (κ2) is 7.25. The molecular formula is C13H20N4OS. The lowest BCUT2D eigenvalue weighted by Crippen LogP contribution is -2.19. The van der Waals surface area contributed by atoms with Gasteiger partial charge in [0, 0.05) is 6.54 Å². The highest BCUT2D eigenvalue weighted by Gasteiger charge is 2.12. The zero-order chi connectivity index (χ0) is 13.5. The van der Waals surface area contributed by atoms with Gasteiger partial charge in [-0.1, -0.05) is 12.0 Å². The predicted molar refractivity (Wildman–Crippen MR) is 77.5 cm³/mol. The summed E-state index contributed by atoms with van der Waals surface area (Å²) in [5.41, 5.74) is 1.33. The molecule has 0 aliphatic carbocycles. The summed E-state index contributed by atoms with van der Waals surface area (Å²) in [4.78, 5) is 0. The van der Waals surface area contributed by atoms with Crippen molar-refractivity contribution in [1.29, 1.82) is 0 Å². The van der Waals surface area contributed by atoms with Crippen LogP contribution in [0.2, 0.25) is 0 Å². The first kappa shape index (κ1) is 14.0. The lowest BCUT2D eigenvalue weighted by molar-refractivity contribution is 0.423. The predicted octanol–water partition coefficient (Wildman–Crippen LogP) is 2.85. The molecule has 0 aliphatic rings. The van der Waals surface area contributed by atoms with Gasteiger partial charge in [0.2, 0.25) is 5.89 Å². The summed E-state index contributed by atoms with van der Waals surface area (Å²) in [6.45, 7) is 5.91. The summed E-state index contributed by atoms with van der Waals surface area (Å²) in [7, 11) is 0. The van der Waals surface area contributed by atoms with E-state index in [2.05, 4.69) is 44.6 Å². The molecule has 2 rings (SSSR count). The third-order valence-electron chi connectivity index (χ3n) is 2.78. The highest BCUT2D eigenvalue weighted by molar-refractivity contribution is 7.07. The lowest BCUT2D eigenvalue weighted by Gasteiger charge is -2.07. The molecule has 2 aromatic rings. The van der Waals surface area contributed by atoms with Gasteiger partial charge in [-0.25, -0.2) is 0 Å². The molecule has 2 aromatic heterocycles. The summed E-state index contributed by atoms with van der Waals surface area (Å²) >= 11 is 1.71. The summed E-state index contributed by atoms with van der Waals surface area (Å²) < 4.78 is 5.57. The van der Waals surface area contributed by atoms with E-state index >= 15 is 0 Å². The van der Waals surface area contributed by atoms with Crippen molar-refractivity contribution >= 4 is 17.4 Å². The van der Waals surface area contributed by atoms with E-state index in [1.54, 1.807) is 11.3 Å². The average Bonchev–Trinajstić information content (AvgIpc) is 3.07. The van der Waals surface area contributed by atoms with E-state index in [4.69, 9.17) is 4.42 Å². The standard InChI is InChI=1S/C13H20N4OS/c1-3-6-14-10(2)12-16-17-13(18-12)15-7-4-11-5-8-19-9-11/h5,8-10,14H,3-4,6-7H2,1-2H3,(H,15,17). The molecule has 0 aliphatic heterocycles. The molecular weight excluding hydrogens is 260 g/mol. The second-order valence-corrected chi connectivity index (χ2v) is 5.21. The van der Waals surface area contributed by atoms with Crippen molar-refractivity contribution in [2.24, 2.45) is 0 Å². The fourth-order valence-electron chi connectivity index (χ4n) is 1.68. The molecule has 5 nitrogen and oxygen atoms in total. The van der Waals surface area contributed by atoms with Gasteiger partial charge in [-0.2, -0.15) is 11.3 Å². The Morgan fingerprint density at radius 2 is 2.26 bits per heavy atom. The minimum atomic E-state index is 0.0971. The van der Waals surface area contributed by atoms with Crippen molar-refractivity contribution in [3.63, 3.8) is 0 Å². The van der Waals surface area contributed by atoms with Crippen LogP contribution in [-0.4, -0.2) is 23.3 Å². The zero-order valence-electron chi connectivity index (χ0n) is 11.3. The molecule has 104 valence electrons. The fourth-order valence-corrected chi connectivity index (χ4v) is 2.38. The number of aromatic nitrogens is 2. The van der Waals surface area contributed by atoms with E-state index in [-0.39, 0.29) is 6.04 Å². The Balaban J connectivity index is 1.77. The molecule has 0 aromatic carbocycles. The number of thiophene rings is 1. The van der Waals surface area contributed by atoms with E-state index < -0.39 is 0 Å². The number of rotatable bonds is 8. The second-order valence-electron chi connectivity index (χ2n) is 4.43. The van der Waals surface area contributed by atoms with Crippen LogP contribution < -0.4 is 10.6 Å². The maximum atomic E-state index is 5.57. The van der Waals surface area contributed by atoms with Crippen molar-refractivity contribution in [2.75, 3.05) is 18.4 Å². The Morgan fingerprint density at radius 3 is 3.00 bits per heavy atom. The van der Waals surface area contributed by atoms with Crippen LogP contribution >= 0.6 is 11.3 Å². The molecule has 2 N–H and O–H groups in total. The molecule has 0 bridgehead atoms. The lowest BCUT2D eigenvalue weighted by atomic mass is 10.2.